The first-order valence-electron chi connectivity index (χ1n) is 6.93. The molecule has 0 fully saturated rings. The lowest BCUT2D eigenvalue weighted by Gasteiger charge is -2.19. The average Bonchev–Trinajstić information content (AvgIpc) is 2.48. The minimum atomic E-state index is -1.00. The highest BCUT2D eigenvalue weighted by molar-refractivity contribution is 5.97. The fraction of sp³-hybridized carbons (Fsp3) is 0.312. The van der Waals surface area contributed by atoms with Crippen LogP contribution in [0.5, 0.6) is 0 Å². The van der Waals surface area contributed by atoms with Crippen molar-refractivity contribution >= 4 is 17.6 Å². The fourth-order valence-corrected chi connectivity index (χ4v) is 1.83. The second kappa shape index (κ2) is 8.47. The maximum absolute atomic E-state index is 11.9. The Hall–Kier alpha value is -2.81. The molecule has 0 spiro atoms. The zero-order chi connectivity index (χ0) is 16.5. The molecule has 1 aromatic rings. The van der Waals surface area contributed by atoms with Crippen LogP contribution in [0.25, 0.3) is 0 Å². The SMILES string of the molecule is CCN(/C=C(/C#N)C(=O)NCCC(=O)O)c1cccc(C)c1. The minimum absolute atomic E-state index is 0.0102. The molecule has 0 aliphatic heterocycles. The Morgan fingerprint density at radius 2 is 2.18 bits per heavy atom. The molecule has 1 aromatic carbocycles. The second-order valence-corrected chi connectivity index (χ2v) is 4.68. The van der Waals surface area contributed by atoms with Crippen LogP contribution in [-0.4, -0.2) is 30.1 Å². The molecule has 0 radical (unpaired) electrons. The van der Waals surface area contributed by atoms with Crippen molar-refractivity contribution in [3.8, 4) is 6.07 Å². The van der Waals surface area contributed by atoms with Crippen LogP contribution in [0.3, 0.4) is 0 Å². The van der Waals surface area contributed by atoms with Gasteiger partial charge in [0.2, 0.25) is 0 Å². The van der Waals surface area contributed by atoms with Crippen LogP contribution in [-0.2, 0) is 9.59 Å². The van der Waals surface area contributed by atoms with Gasteiger partial charge in [-0.05, 0) is 31.5 Å². The van der Waals surface area contributed by atoms with Gasteiger partial charge in [-0.15, -0.1) is 0 Å². The summed E-state index contributed by atoms with van der Waals surface area (Å²) >= 11 is 0. The molecule has 0 aliphatic carbocycles. The van der Waals surface area contributed by atoms with Crippen LogP contribution in [0, 0.1) is 18.3 Å². The highest BCUT2D eigenvalue weighted by Gasteiger charge is 2.12. The van der Waals surface area contributed by atoms with Crippen molar-refractivity contribution < 1.29 is 14.7 Å². The summed E-state index contributed by atoms with van der Waals surface area (Å²) in [5.74, 6) is -1.58. The molecule has 6 heteroatoms. The smallest absolute Gasteiger partial charge is 0.305 e. The van der Waals surface area contributed by atoms with E-state index in [1.165, 1.54) is 6.20 Å². The van der Waals surface area contributed by atoms with E-state index in [0.717, 1.165) is 11.3 Å². The zero-order valence-electron chi connectivity index (χ0n) is 12.7. The van der Waals surface area contributed by atoms with Gasteiger partial charge < -0.3 is 15.3 Å². The molecule has 0 aromatic heterocycles. The normalized spacial score (nSPS) is 10.7. The van der Waals surface area contributed by atoms with Gasteiger partial charge in [0.25, 0.3) is 5.91 Å². The summed E-state index contributed by atoms with van der Waals surface area (Å²) in [5.41, 5.74) is 1.90. The summed E-state index contributed by atoms with van der Waals surface area (Å²) in [6.07, 6.45) is 1.30. The summed E-state index contributed by atoms with van der Waals surface area (Å²) < 4.78 is 0. The molecule has 0 aliphatic rings. The number of carbonyl (C=O) groups excluding carboxylic acids is 1. The molecule has 6 nitrogen and oxygen atoms in total. The summed E-state index contributed by atoms with van der Waals surface area (Å²) in [4.78, 5) is 24.1. The number of anilines is 1. The number of nitrogens with one attached hydrogen (secondary N) is 1. The monoisotopic (exact) mass is 301 g/mol. The van der Waals surface area contributed by atoms with Gasteiger partial charge in [-0.3, -0.25) is 9.59 Å². The van der Waals surface area contributed by atoms with Crippen molar-refractivity contribution in [2.45, 2.75) is 20.3 Å². The first-order chi connectivity index (χ1) is 10.5. The van der Waals surface area contributed by atoms with E-state index in [-0.39, 0.29) is 18.5 Å². The van der Waals surface area contributed by atoms with E-state index >= 15 is 0 Å². The molecule has 0 atom stereocenters. The molecule has 1 amide bonds. The molecule has 0 saturated heterocycles. The Labute approximate surface area is 129 Å². The lowest BCUT2D eigenvalue weighted by atomic mass is 10.2. The van der Waals surface area contributed by atoms with Crippen LogP contribution >= 0.6 is 0 Å². The molecule has 0 heterocycles. The molecule has 1 rings (SSSR count). The third-order valence-corrected chi connectivity index (χ3v) is 2.95. The topological polar surface area (TPSA) is 93.4 Å². The number of rotatable bonds is 7. The molecule has 2 N–H and O–H groups in total. The molecule has 0 saturated carbocycles. The maximum Gasteiger partial charge on any atom is 0.305 e. The van der Waals surface area contributed by atoms with Gasteiger partial charge in [0.1, 0.15) is 11.6 Å². The lowest BCUT2D eigenvalue weighted by molar-refractivity contribution is -0.136. The Morgan fingerprint density at radius 3 is 2.73 bits per heavy atom. The number of carbonyl (C=O) groups is 2. The van der Waals surface area contributed by atoms with Crippen LogP contribution in [0.4, 0.5) is 5.69 Å². The molecule has 116 valence electrons. The molecule has 0 unspecified atom stereocenters. The molecule has 22 heavy (non-hydrogen) atoms. The highest BCUT2D eigenvalue weighted by Crippen LogP contribution is 2.17. The van der Waals surface area contributed by atoms with E-state index in [1.807, 2.05) is 44.2 Å². The summed E-state index contributed by atoms with van der Waals surface area (Å²) in [7, 11) is 0. The van der Waals surface area contributed by atoms with Gasteiger partial charge in [0.15, 0.2) is 0 Å². The number of aryl methyl sites for hydroxylation is 1. The van der Waals surface area contributed by atoms with Crippen molar-refractivity contribution in [2.24, 2.45) is 0 Å². The first-order valence-corrected chi connectivity index (χ1v) is 6.93. The summed E-state index contributed by atoms with van der Waals surface area (Å²) in [6.45, 7) is 4.46. The van der Waals surface area contributed by atoms with E-state index in [4.69, 9.17) is 10.4 Å². The third kappa shape index (κ3) is 5.29. The second-order valence-electron chi connectivity index (χ2n) is 4.68. The standard InChI is InChI=1S/C16H19N3O3/c1-3-19(14-6-4-5-12(2)9-14)11-13(10-17)16(22)18-8-7-15(20)21/h4-6,9,11H,3,7-8H2,1-2H3,(H,18,22)(H,20,21)/b13-11-. The Bertz CT molecular complexity index is 617. The van der Waals surface area contributed by atoms with Gasteiger partial charge in [-0.1, -0.05) is 12.1 Å². The van der Waals surface area contributed by atoms with E-state index < -0.39 is 11.9 Å². The predicted molar refractivity (Wildman–Crippen MR) is 83.2 cm³/mol. The summed E-state index contributed by atoms with van der Waals surface area (Å²) in [5, 5.41) is 20.1. The van der Waals surface area contributed by atoms with Crippen molar-refractivity contribution in [2.75, 3.05) is 18.0 Å². The van der Waals surface area contributed by atoms with Crippen LogP contribution in [0.2, 0.25) is 0 Å². The molecular formula is C16H19N3O3. The third-order valence-electron chi connectivity index (χ3n) is 2.95. The van der Waals surface area contributed by atoms with E-state index in [0.29, 0.717) is 6.54 Å². The van der Waals surface area contributed by atoms with Crippen LogP contribution in [0.15, 0.2) is 36.0 Å². The average molecular weight is 301 g/mol. The predicted octanol–water partition coefficient (Wildman–Crippen LogP) is 1.82. The van der Waals surface area contributed by atoms with Gasteiger partial charge >= 0.3 is 5.97 Å². The van der Waals surface area contributed by atoms with Gasteiger partial charge in [-0.2, -0.15) is 5.26 Å². The van der Waals surface area contributed by atoms with Crippen molar-refractivity contribution in [3.63, 3.8) is 0 Å². The number of nitriles is 1. The van der Waals surface area contributed by atoms with Gasteiger partial charge in [0, 0.05) is 25.0 Å². The van der Waals surface area contributed by atoms with Crippen molar-refractivity contribution in [3.05, 3.63) is 41.6 Å². The first kappa shape index (κ1) is 17.2. The molecular weight excluding hydrogens is 282 g/mol. The Kier molecular flexibility index (Phi) is 6.64. The Balaban J connectivity index is 2.86. The minimum Gasteiger partial charge on any atom is -0.481 e. The van der Waals surface area contributed by atoms with Gasteiger partial charge in [0.05, 0.1) is 6.42 Å². The number of benzene rings is 1. The number of hydrogen-bond acceptors (Lipinski definition) is 4. The number of carboxylic acid groups (broad SMARTS) is 1. The fourth-order valence-electron chi connectivity index (χ4n) is 1.83. The number of nitrogens with zero attached hydrogens (tertiary/aromatic N) is 2. The largest absolute Gasteiger partial charge is 0.481 e. The van der Waals surface area contributed by atoms with E-state index in [9.17, 15) is 9.59 Å². The maximum atomic E-state index is 11.9. The number of aliphatic carboxylic acids is 1. The van der Waals surface area contributed by atoms with Gasteiger partial charge in [-0.25, -0.2) is 0 Å². The number of hydrogen-bond donors (Lipinski definition) is 2. The lowest BCUT2D eigenvalue weighted by Crippen LogP contribution is -2.28. The molecule has 0 bridgehead atoms. The van der Waals surface area contributed by atoms with Crippen molar-refractivity contribution in [1.29, 1.82) is 5.26 Å². The quantitative estimate of drug-likeness (QED) is 0.592. The Morgan fingerprint density at radius 1 is 1.45 bits per heavy atom. The van der Waals surface area contributed by atoms with Crippen LogP contribution < -0.4 is 10.2 Å². The number of carboxylic acids is 1. The van der Waals surface area contributed by atoms with E-state index in [2.05, 4.69) is 5.32 Å². The highest BCUT2D eigenvalue weighted by atomic mass is 16.4. The van der Waals surface area contributed by atoms with E-state index in [1.54, 1.807) is 4.90 Å². The number of amides is 1. The summed E-state index contributed by atoms with van der Waals surface area (Å²) in [6, 6.07) is 9.56. The zero-order valence-corrected chi connectivity index (χ0v) is 12.7. The van der Waals surface area contributed by atoms with Crippen molar-refractivity contribution in [1.82, 2.24) is 5.32 Å². The van der Waals surface area contributed by atoms with Crippen LogP contribution in [0.1, 0.15) is 18.9 Å².